The van der Waals surface area contributed by atoms with Gasteiger partial charge in [0.25, 0.3) is 0 Å². The lowest BCUT2D eigenvalue weighted by Crippen LogP contribution is -2.28. The van der Waals surface area contributed by atoms with Gasteiger partial charge in [0.1, 0.15) is 0 Å². The van der Waals surface area contributed by atoms with Crippen molar-refractivity contribution in [3.05, 3.63) is 0 Å². The Balaban J connectivity index is 2.23. The zero-order valence-corrected chi connectivity index (χ0v) is 9.67. The molecule has 0 bridgehead atoms. The minimum absolute atomic E-state index is 0.878. The van der Waals surface area contributed by atoms with Crippen LogP contribution in [0, 0.1) is 11.8 Å². The Bertz CT molecular complexity index is 112. The summed E-state index contributed by atoms with van der Waals surface area (Å²) in [5, 5.41) is 0. The average Bonchev–Trinajstić information content (AvgIpc) is 1.85. The molecule has 1 rings (SSSR count). The van der Waals surface area contributed by atoms with Crippen LogP contribution < -0.4 is 0 Å². The minimum Gasteiger partial charge on any atom is -0.247 e. The van der Waals surface area contributed by atoms with E-state index in [2.05, 4.69) is 39.8 Å². The number of hydrogen-bond donors (Lipinski definition) is 0. The largest absolute Gasteiger partial charge is 0.247 e. The fourth-order valence-corrected chi connectivity index (χ4v) is 2.77. The lowest BCUT2D eigenvalue weighted by atomic mass is 9.91. The third-order valence-corrected chi connectivity index (χ3v) is 3.15. The highest BCUT2D eigenvalue weighted by Gasteiger charge is 2.18. The summed E-state index contributed by atoms with van der Waals surface area (Å²) in [5.74, 6) is 1.85. The van der Waals surface area contributed by atoms with Crippen LogP contribution in [0.2, 0.25) is 0 Å². The Labute approximate surface area is 84.0 Å². The maximum Gasteiger partial charge on any atom is 0.0201 e. The normalized spacial score (nSPS) is 27.8. The number of hydrogen-bond acceptors (Lipinski definition) is 1. The SMILES string of the molecule is CC(C)CC1CCCN(I)C1. The van der Waals surface area contributed by atoms with E-state index < -0.39 is 0 Å². The highest BCUT2D eigenvalue weighted by Crippen LogP contribution is 2.24. The van der Waals surface area contributed by atoms with Crippen molar-refractivity contribution in [3.63, 3.8) is 0 Å². The van der Waals surface area contributed by atoms with Gasteiger partial charge in [-0.15, -0.1) is 0 Å². The van der Waals surface area contributed by atoms with Crippen molar-refractivity contribution >= 4 is 22.9 Å². The first-order chi connectivity index (χ1) is 5.18. The molecule has 1 heterocycles. The van der Waals surface area contributed by atoms with Gasteiger partial charge >= 0.3 is 0 Å². The highest BCUT2D eigenvalue weighted by atomic mass is 127. The second-order valence-electron chi connectivity index (χ2n) is 4.01. The van der Waals surface area contributed by atoms with E-state index in [1.54, 1.807) is 0 Å². The molecule has 0 amide bonds. The molecule has 0 aromatic rings. The van der Waals surface area contributed by atoms with Gasteiger partial charge in [-0.2, -0.15) is 0 Å². The molecule has 1 fully saturated rings. The van der Waals surface area contributed by atoms with Crippen molar-refractivity contribution in [2.45, 2.75) is 33.1 Å². The summed E-state index contributed by atoms with van der Waals surface area (Å²) in [4.78, 5) is 0. The summed E-state index contributed by atoms with van der Waals surface area (Å²) < 4.78 is 2.44. The van der Waals surface area contributed by atoms with Gasteiger partial charge in [0.2, 0.25) is 0 Å². The number of rotatable bonds is 2. The molecule has 0 aromatic carbocycles. The van der Waals surface area contributed by atoms with Gasteiger partial charge in [-0.3, -0.25) is 0 Å². The van der Waals surface area contributed by atoms with Crippen molar-refractivity contribution in [2.75, 3.05) is 13.1 Å². The van der Waals surface area contributed by atoms with Crippen LogP contribution in [0.1, 0.15) is 33.1 Å². The van der Waals surface area contributed by atoms with Gasteiger partial charge < -0.3 is 0 Å². The summed E-state index contributed by atoms with van der Waals surface area (Å²) in [6.45, 7) is 7.27. The first-order valence-corrected chi connectivity index (χ1v) is 5.55. The third-order valence-electron chi connectivity index (χ3n) is 2.27. The monoisotopic (exact) mass is 267 g/mol. The van der Waals surface area contributed by atoms with Crippen LogP contribution in [-0.4, -0.2) is 16.2 Å². The van der Waals surface area contributed by atoms with Crippen molar-refractivity contribution in [1.29, 1.82) is 0 Å². The number of halogens is 1. The molecule has 11 heavy (non-hydrogen) atoms. The maximum atomic E-state index is 2.45. The van der Waals surface area contributed by atoms with E-state index in [-0.39, 0.29) is 0 Å². The van der Waals surface area contributed by atoms with E-state index in [0.717, 1.165) is 11.8 Å². The summed E-state index contributed by atoms with van der Waals surface area (Å²) in [7, 11) is 0. The highest BCUT2D eigenvalue weighted by molar-refractivity contribution is 14.1. The van der Waals surface area contributed by atoms with Gasteiger partial charge in [0, 0.05) is 36.0 Å². The maximum absolute atomic E-state index is 2.45. The molecule has 2 heteroatoms. The van der Waals surface area contributed by atoms with E-state index in [0.29, 0.717) is 0 Å². The van der Waals surface area contributed by atoms with Crippen LogP contribution in [0.15, 0.2) is 0 Å². The van der Waals surface area contributed by atoms with E-state index >= 15 is 0 Å². The summed E-state index contributed by atoms with van der Waals surface area (Å²) in [5.41, 5.74) is 0. The first kappa shape index (κ1) is 9.78. The Morgan fingerprint density at radius 1 is 1.55 bits per heavy atom. The lowest BCUT2D eigenvalue weighted by Gasteiger charge is -2.29. The molecule has 0 radical (unpaired) electrons. The van der Waals surface area contributed by atoms with E-state index in [9.17, 15) is 0 Å². The van der Waals surface area contributed by atoms with Crippen LogP contribution in [-0.2, 0) is 0 Å². The molecule has 1 saturated heterocycles. The Morgan fingerprint density at radius 2 is 2.27 bits per heavy atom. The van der Waals surface area contributed by atoms with Crippen LogP contribution in [0.3, 0.4) is 0 Å². The molecule has 0 N–H and O–H groups in total. The third kappa shape index (κ3) is 3.74. The van der Waals surface area contributed by atoms with E-state index in [1.807, 2.05) is 0 Å². The molecule has 0 spiro atoms. The number of piperidine rings is 1. The van der Waals surface area contributed by atoms with Gasteiger partial charge in [-0.05, 0) is 31.1 Å². The predicted octanol–water partition coefficient (Wildman–Crippen LogP) is 3.09. The van der Waals surface area contributed by atoms with Crippen molar-refractivity contribution in [2.24, 2.45) is 11.8 Å². The van der Waals surface area contributed by atoms with Crippen molar-refractivity contribution < 1.29 is 0 Å². The van der Waals surface area contributed by atoms with Crippen molar-refractivity contribution in [3.8, 4) is 0 Å². The van der Waals surface area contributed by atoms with Gasteiger partial charge in [-0.1, -0.05) is 13.8 Å². The summed E-state index contributed by atoms with van der Waals surface area (Å²) in [6, 6.07) is 0. The predicted molar refractivity (Wildman–Crippen MR) is 57.8 cm³/mol. The molecule has 1 aliphatic heterocycles. The average molecular weight is 267 g/mol. The molecule has 66 valence electrons. The zero-order chi connectivity index (χ0) is 8.27. The van der Waals surface area contributed by atoms with Gasteiger partial charge in [-0.25, -0.2) is 3.11 Å². The molecule has 1 atom stereocenters. The second-order valence-corrected chi connectivity index (χ2v) is 5.37. The fraction of sp³-hybridized carbons (Fsp3) is 1.00. The zero-order valence-electron chi connectivity index (χ0n) is 7.52. The van der Waals surface area contributed by atoms with Crippen LogP contribution in [0.5, 0.6) is 0 Å². The smallest absolute Gasteiger partial charge is 0.0201 e. The lowest BCUT2D eigenvalue weighted by molar-refractivity contribution is 0.267. The Morgan fingerprint density at radius 3 is 2.82 bits per heavy atom. The van der Waals surface area contributed by atoms with E-state index in [4.69, 9.17) is 0 Å². The number of nitrogens with zero attached hydrogens (tertiary/aromatic N) is 1. The van der Waals surface area contributed by atoms with Gasteiger partial charge in [0.15, 0.2) is 0 Å². The second kappa shape index (κ2) is 4.65. The molecular weight excluding hydrogens is 249 g/mol. The quantitative estimate of drug-likeness (QED) is 0.549. The summed E-state index contributed by atoms with van der Waals surface area (Å²) in [6.07, 6.45) is 4.28. The van der Waals surface area contributed by atoms with E-state index in [1.165, 1.54) is 32.4 Å². The van der Waals surface area contributed by atoms with Crippen LogP contribution in [0.25, 0.3) is 0 Å². The molecular formula is C9H18IN. The van der Waals surface area contributed by atoms with Crippen molar-refractivity contribution in [1.82, 2.24) is 3.11 Å². The Hall–Kier alpha value is 0.690. The standard InChI is InChI=1S/C9H18IN/c1-8(2)6-9-4-3-5-11(10)7-9/h8-9H,3-7H2,1-2H3. The van der Waals surface area contributed by atoms with Crippen LogP contribution in [0.4, 0.5) is 0 Å². The topological polar surface area (TPSA) is 3.24 Å². The molecule has 0 aliphatic carbocycles. The molecule has 0 saturated carbocycles. The first-order valence-electron chi connectivity index (χ1n) is 4.59. The fourth-order valence-electron chi connectivity index (χ4n) is 1.87. The molecule has 1 nitrogen and oxygen atoms in total. The van der Waals surface area contributed by atoms with Crippen LogP contribution >= 0.6 is 22.9 Å². The molecule has 1 aliphatic rings. The summed E-state index contributed by atoms with van der Waals surface area (Å²) >= 11 is 2.45. The van der Waals surface area contributed by atoms with Gasteiger partial charge in [0.05, 0.1) is 0 Å². The molecule has 0 aromatic heterocycles. The minimum atomic E-state index is 0.878. The Kier molecular flexibility index (Phi) is 4.13. The molecule has 1 unspecified atom stereocenters.